The summed E-state index contributed by atoms with van der Waals surface area (Å²) in [5.74, 6) is 1.54. The lowest BCUT2D eigenvalue weighted by molar-refractivity contribution is -0.126. The molecule has 1 fully saturated rings. The van der Waals surface area contributed by atoms with Gasteiger partial charge in [-0.05, 0) is 30.5 Å². The zero-order chi connectivity index (χ0) is 14.7. The normalized spacial score (nSPS) is 14.8. The van der Waals surface area contributed by atoms with Gasteiger partial charge >= 0.3 is 0 Å². The van der Waals surface area contributed by atoms with E-state index >= 15 is 0 Å². The average molecular weight is 340 g/mol. The number of carbonyl (C=O) groups is 1. The predicted molar refractivity (Wildman–Crippen MR) is 81.0 cm³/mol. The Bertz CT molecular complexity index is 526. The second-order valence-corrected chi connectivity index (χ2v) is 5.51. The maximum Gasteiger partial charge on any atom is 0.227 e. The van der Waals surface area contributed by atoms with Gasteiger partial charge in [0, 0.05) is 23.1 Å². The number of methoxy groups -OCH3 is 2. The van der Waals surface area contributed by atoms with Gasteiger partial charge in [-0.15, -0.1) is 0 Å². The molecule has 108 valence electrons. The third-order valence-corrected chi connectivity index (χ3v) is 4.21. The van der Waals surface area contributed by atoms with E-state index in [0.29, 0.717) is 24.5 Å². The van der Waals surface area contributed by atoms with Gasteiger partial charge in [-0.2, -0.15) is 0 Å². The number of carbonyl (C=O) groups excluding carboxylic acids is 1. The molecule has 0 aliphatic carbocycles. The molecule has 4 nitrogen and oxygen atoms in total. The Hall–Kier alpha value is -1.49. The molecule has 1 heterocycles. The molecule has 0 spiro atoms. The highest BCUT2D eigenvalue weighted by Gasteiger charge is 2.23. The molecule has 0 saturated carbocycles. The van der Waals surface area contributed by atoms with Crippen LogP contribution in [0.2, 0.25) is 0 Å². The standard InChI is InChI=1S/C15H18BrNO3/c1-10-4-5-15(18)17(10)7-6-11-8-13(19-2)14(20-3)9-12(11)16/h8-9H,1,4-7H2,2-3H3. The number of benzene rings is 1. The van der Waals surface area contributed by atoms with Crippen LogP contribution in [0.25, 0.3) is 0 Å². The zero-order valence-electron chi connectivity index (χ0n) is 11.7. The first-order chi connectivity index (χ1) is 9.56. The molecule has 5 heteroatoms. The van der Waals surface area contributed by atoms with E-state index in [4.69, 9.17) is 9.47 Å². The van der Waals surface area contributed by atoms with Crippen LogP contribution in [0, 0.1) is 0 Å². The quantitative estimate of drug-likeness (QED) is 0.827. The van der Waals surface area contributed by atoms with E-state index in [-0.39, 0.29) is 5.91 Å². The summed E-state index contributed by atoms with van der Waals surface area (Å²) >= 11 is 3.53. The first-order valence-electron chi connectivity index (χ1n) is 6.45. The molecule has 1 aromatic carbocycles. The number of allylic oxidation sites excluding steroid dienone is 1. The van der Waals surface area contributed by atoms with E-state index in [1.54, 1.807) is 19.1 Å². The van der Waals surface area contributed by atoms with Gasteiger partial charge in [-0.3, -0.25) is 4.79 Å². The molecular weight excluding hydrogens is 322 g/mol. The van der Waals surface area contributed by atoms with Gasteiger partial charge < -0.3 is 14.4 Å². The van der Waals surface area contributed by atoms with Crippen LogP contribution in [0.5, 0.6) is 11.5 Å². The van der Waals surface area contributed by atoms with Gasteiger partial charge in [0.15, 0.2) is 11.5 Å². The maximum absolute atomic E-state index is 11.7. The van der Waals surface area contributed by atoms with Crippen LogP contribution in [-0.4, -0.2) is 31.6 Å². The van der Waals surface area contributed by atoms with Crippen molar-refractivity contribution in [1.29, 1.82) is 0 Å². The lowest BCUT2D eigenvalue weighted by atomic mass is 10.1. The molecule has 0 atom stereocenters. The van der Waals surface area contributed by atoms with Crippen molar-refractivity contribution in [2.75, 3.05) is 20.8 Å². The Morgan fingerprint density at radius 2 is 1.90 bits per heavy atom. The number of likely N-dealkylation sites (tertiary alicyclic amines) is 1. The van der Waals surface area contributed by atoms with Crippen molar-refractivity contribution in [3.63, 3.8) is 0 Å². The molecule has 20 heavy (non-hydrogen) atoms. The second kappa shape index (κ2) is 6.31. The first-order valence-corrected chi connectivity index (χ1v) is 7.24. The molecular formula is C15H18BrNO3. The number of hydrogen-bond donors (Lipinski definition) is 0. The second-order valence-electron chi connectivity index (χ2n) is 4.66. The van der Waals surface area contributed by atoms with E-state index in [0.717, 1.165) is 28.6 Å². The molecule has 1 aliphatic rings. The van der Waals surface area contributed by atoms with Crippen molar-refractivity contribution in [3.8, 4) is 11.5 Å². The average Bonchev–Trinajstić information content (AvgIpc) is 2.76. The van der Waals surface area contributed by atoms with Crippen molar-refractivity contribution in [3.05, 3.63) is 34.4 Å². The summed E-state index contributed by atoms with van der Waals surface area (Å²) in [6.45, 7) is 4.58. The van der Waals surface area contributed by atoms with Crippen LogP contribution < -0.4 is 9.47 Å². The summed E-state index contributed by atoms with van der Waals surface area (Å²) in [5, 5.41) is 0. The Morgan fingerprint density at radius 3 is 2.45 bits per heavy atom. The highest BCUT2D eigenvalue weighted by molar-refractivity contribution is 9.10. The number of amides is 1. The minimum absolute atomic E-state index is 0.159. The summed E-state index contributed by atoms with van der Waals surface area (Å²) in [5.41, 5.74) is 1.99. The number of rotatable bonds is 5. The van der Waals surface area contributed by atoms with E-state index in [9.17, 15) is 4.79 Å². The third-order valence-electron chi connectivity index (χ3n) is 3.47. The summed E-state index contributed by atoms with van der Waals surface area (Å²) in [4.78, 5) is 13.5. The van der Waals surface area contributed by atoms with Crippen LogP contribution in [0.1, 0.15) is 18.4 Å². The van der Waals surface area contributed by atoms with Crippen molar-refractivity contribution in [1.82, 2.24) is 4.90 Å². The Morgan fingerprint density at radius 1 is 1.25 bits per heavy atom. The monoisotopic (exact) mass is 339 g/mol. The van der Waals surface area contributed by atoms with E-state index < -0.39 is 0 Å². The molecule has 1 aromatic rings. The molecule has 0 bridgehead atoms. The third kappa shape index (κ3) is 2.98. The zero-order valence-corrected chi connectivity index (χ0v) is 13.3. The van der Waals surface area contributed by atoms with Crippen molar-refractivity contribution < 1.29 is 14.3 Å². The van der Waals surface area contributed by atoms with Gasteiger partial charge in [0.2, 0.25) is 5.91 Å². The summed E-state index contributed by atoms with van der Waals surface area (Å²) < 4.78 is 11.5. The minimum Gasteiger partial charge on any atom is -0.493 e. The van der Waals surface area contributed by atoms with Crippen LogP contribution in [0.4, 0.5) is 0 Å². The largest absolute Gasteiger partial charge is 0.493 e. The number of nitrogens with zero attached hydrogens (tertiary/aromatic N) is 1. The Labute approximate surface area is 127 Å². The Balaban J connectivity index is 2.13. The molecule has 1 aliphatic heterocycles. The van der Waals surface area contributed by atoms with Crippen LogP contribution >= 0.6 is 15.9 Å². The summed E-state index contributed by atoms with van der Waals surface area (Å²) in [7, 11) is 3.22. The fourth-order valence-corrected chi connectivity index (χ4v) is 2.82. The molecule has 2 rings (SSSR count). The summed E-state index contributed by atoms with van der Waals surface area (Å²) in [6.07, 6.45) is 2.09. The van der Waals surface area contributed by atoms with E-state index in [1.165, 1.54) is 0 Å². The number of hydrogen-bond acceptors (Lipinski definition) is 3. The Kier molecular flexibility index (Phi) is 4.70. The maximum atomic E-state index is 11.7. The fraction of sp³-hybridized carbons (Fsp3) is 0.400. The van der Waals surface area contributed by atoms with Crippen molar-refractivity contribution in [2.24, 2.45) is 0 Å². The van der Waals surface area contributed by atoms with Crippen LogP contribution in [-0.2, 0) is 11.2 Å². The van der Waals surface area contributed by atoms with Gasteiger partial charge in [-0.1, -0.05) is 22.5 Å². The van der Waals surface area contributed by atoms with Gasteiger partial charge in [0.1, 0.15) is 0 Å². The molecule has 0 radical (unpaired) electrons. The highest BCUT2D eigenvalue weighted by atomic mass is 79.9. The molecule has 1 saturated heterocycles. The van der Waals surface area contributed by atoms with Crippen molar-refractivity contribution >= 4 is 21.8 Å². The van der Waals surface area contributed by atoms with E-state index in [1.807, 2.05) is 12.1 Å². The molecule has 0 aromatic heterocycles. The van der Waals surface area contributed by atoms with Gasteiger partial charge in [0.05, 0.1) is 14.2 Å². The topological polar surface area (TPSA) is 38.8 Å². The van der Waals surface area contributed by atoms with Crippen LogP contribution in [0.15, 0.2) is 28.9 Å². The van der Waals surface area contributed by atoms with Gasteiger partial charge in [0.25, 0.3) is 0 Å². The van der Waals surface area contributed by atoms with E-state index in [2.05, 4.69) is 22.5 Å². The molecule has 0 N–H and O–H groups in total. The highest BCUT2D eigenvalue weighted by Crippen LogP contribution is 2.34. The smallest absolute Gasteiger partial charge is 0.227 e. The number of halogens is 1. The fourth-order valence-electron chi connectivity index (χ4n) is 2.30. The lowest BCUT2D eigenvalue weighted by Gasteiger charge is -2.18. The van der Waals surface area contributed by atoms with Gasteiger partial charge in [-0.25, -0.2) is 0 Å². The minimum atomic E-state index is 0.159. The van der Waals surface area contributed by atoms with Crippen LogP contribution in [0.3, 0.4) is 0 Å². The molecule has 1 amide bonds. The first kappa shape index (κ1) is 14.9. The lowest BCUT2D eigenvalue weighted by Crippen LogP contribution is -2.25. The molecule has 0 unspecified atom stereocenters. The van der Waals surface area contributed by atoms with Crippen molar-refractivity contribution in [2.45, 2.75) is 19.3 Å². The summed E-state index contributed by atoms with van der Waals surface area (Å²) in [6, 6.07) is 3.82. The SMILES string of the molecule is C=C1CCC(=O)N1CCc1cc(OC)c(OC)cc1Br. The predicted octanol–water partition coefficient (Wildman–Crippen LogP) is 3.14. The number of ether oxygens (including phenoxy) is 2.